The number of nitrogens with one attached hydrogen (secondary N) is 1. The molecule has 0 bridgehead atoms. The van der Waals surface area contributed by atoms with Gasteiger partial charge >= 0.3 is 6.18 Å². The number of carbonyl (C=O) groups is 1. The third-order valence-electron chi connectivity index (χ3n) is 1.70. The van der Waals surface area contributed by atoms with Crippen molar-refractivity contribution in [2.24, 2.45) is 0 Å². The van der Waals surface area contributed by atoms with E-state index in [4.69, 9.17) is 23.2 Å². The lowest BCUT2D eigenvalue weighted by Gasteiger charge is -2.09. The fourth-order valence-electron chi connectivity index (χ4n) is 0.972. The molecule has 0 saturated carbocycles. The fourth-order valence-corrected chi connectivity index (χ4v) is 1.44. The Balaban J connectivity index is 2.86. The van der Waals surface area contributed by atoms with Gasteiger partial charge in [-0.2, -0.15) is 13.2 Å². The second-order valence-corrected chi connectivity index (χ2v) is 3.86. The molecule has 1 rings (SSSR count). The van der Waals surface area contributed by atoms with E-state index in [-0.39, 0.29) is 10.0 Å². The molecule has 0 saturated heterocycles. The summed E-state index contributed by atoms with van der Waals surface area (Å²) in [6.45, 7) is -1.52. The Morgan fingerprint density at radius 3 is 2.35 bits per heavy atom. The van der Waals surface area contributed by atoms with Gasteiger partial charge in [0.05, 0.1) is 15.6 Å². The summed E-state index contributed by atoms with van der Waals surface area (Å²) < 4.78 is 48.5. The molecule has 1 N–H and O–H groups in total. The molecule has 1 amide bonds. The lowest BCUT2D eigenvalue weighted by atomic mass is 10.2. The summed E-state index contributed by atoms with van der Waals surface area (Å²) in [6, 6.07) is 1.62. The van der Waals surface area contributed by atoms with Gasteiger partial charge in [0, 0.05) is 0 Å². The van der Waals surface area contributed by atoms with Gasteiger partial charge in [0.25, 0.3) is 5.91 Å². The molecule has 8 heteroatoms. The molecule has 1 aromatic carbocycles. The van der Waals surface area contributed by atoms with Crippen molar-refractivity contribution in [3.8, 4) is 0 Å². The monoisotopic (exact) mass is 289 g/mol. The number of amides is 1. The van der Waals surface area contributed by atoms with Crippen LogP contribution in [0.4, 0.5) is 17.6 Å². The minimum absolute atomic E-state index is 0.226. The maximum absolute atomic E-state index is 13.0. The Labute approximate surface area is 104 Å². The van der Waals surface area contributed by atoms with Gasteiger partial charge in [0.15, 0.2) is 0 Å². The molecular formula is C9H5Cl2F4NO. The van der Waals surface area contributed by atoms with Crippen molar-refractivity contribution in [3.63, 3.8) is 0 Å². The molecule has 0 fully saturated rings. The molecule has 17 heavy (non-hydrogen) atoms. The molecule has 0 aliphatic carbocycles. The Kier molecular flexibility index (Phi) is 4.21. The smallest absolute Gasteiger partial charge is 0.343 e. The molecule has 0 atom stereocenters. The number of hydrogen-bond acceptors (Lipinski definition) is 1. The van der Waals surface area contributed by atoms with Crippen molar-refractivity contribution in [1.82, 2.24) is 5.32 Å². The van der Waals surface area contributed by atoms with Gasteiger partial charge in [-0.25, -0.2) is 4.39 Å². The molecular weight excluding hydrogens is 285 g/mol. The largest absolute Gasteiger partial charge is 0.405 e. The number of carbonyl (C=O) groups excluding carboxylic acids is 1. The van der Waals surface area contributed by atoms with Crippen molar-refractivity contribution >= 4 is 29.1 Å². The number of alkyl halides is 3. The molecule has 94 valence electrons. The summed E-state index contributed by atoms with van der Waals surface area (Å²) in [7, 11) is 0. The van der Waals surface area contributed by atoms with Crippen LogP contribution in [0, 0.1) is 5.82 Å². The Morgan fingerprint density at radius 2 is 1.82 bits per heavy atom. The van der Waals surface area contributed by atoms with Crippen molar-refractivity contribution in [1.29, 1.82) is 0 Å². The van der Waals surface area contributed by atoms with Crippen LogP contribution in [-0.4, -0.2) is 18.6 Å². The summed E-state index contributed by atoms with van der Waals surface area (Å²) in [5, 5.41) is 1.03. The average Bonchev–Trinajstić information content (AvgIpc) is 2.19. The predicted molar refractivity (Wildman–Crippen MR) is 54.8 cm³/mol. The minimum atomic E-state index is -4.55. The van der Waals surface area contributed by atoms with E-state index < -0.39 is 30.0 Å². The second kappa shape index (κ2) is 5.10. The predicted octanol–water partition coefficient (Wildman–Crippen LogP) is 3.42. The Hall–Kier alpha value is -1.01. The molecule has 0 radical (unpaired) electrons. The summed E-state index contributed by atoms with van der Waals surface area (Å²) in [4.78, 5) is 11.3. The first-order chi connectivity index (χ1) is 7.70. The number of rotatable bonds is 2. The number of halogens is 6. The van der Waals surface area contributed by atoms with E-state index in [1.165, 1.54) is 0 Å². The van der Waals surface area contributed by atoms with E-state index in [9.17, 15) is 22.4 Å². The summed E-state index contributed by atoms with van der Waals surface area (Å²) in [6.07, 6.45) is -4.55. The van der Waals surface area contributed by atoms with Crippen molar-refractivity contribution in [2.45, 2.75) is 6.18 Å². The maximum Gasteiger partial charge on any atom is 0.405 e. The number of hydrogen-bond donors (Lipinski definition) is 1. The van der Waals surface area contributed by atoms with Crippen LogP contribution in [0.15, 0.2) is 12.1 Å². The zero-order chi connectivity index (χ0) is 13.2. The van der Waals surface area contributed by atoms with Crippen LogP contribution in [0.1, 0.15) is 10.4 Å². The summed E-state index contributed by atoms with van der Waals surface area (Å²) in [5.74, 6) is -2.06. The van der Waals surface area contributed by atoms with Gasteiger partial charge < -0.3 is 5.32 Å². The highest BCUT2D eigenvalue weighted by molar-refractivity contribution is 6.36. The molecule has 1 aromatic rings. The van der Waals surface area contributed by atoms with Crippen LogP contribution in [0.5, 0.6) is 0 Å². The SMILES string of the molecule is O=C(NCC(F)(F)F)c1cc(F)c(Cl)cc1Cl. The van der Waals surface area contributed by atoms with E-state index in [1.54, 1.807) is 5.32 Å². The lowest BCUT2D eigenvalue weighted by Crippen LogP contribution is -2.33. The minimum Gasteiger partial charge on any atom is -0.343 e. The average molecular weight is 290 g/mol. The molecule has 0 aromatic heterocycles. The van der Waals surface area contributed by atoms with Gasteiger partial charge in [-0.1, -0.05) is 23.2 Å². The molecule has 0 aliphatic rings. The quantitative estimate of drug-likeness (QED) is 0.656. The normalized spacial score (nSPS) is 11.4. The van der Waals surface area contributed by atoms with E-state index in [2.05, 4.69) is 0 Å². The van der Waals surface area contributed by atoms with Crippen LogP contribution in [0.3, 0.4) is 0 Å². The van der Waals surface area contributed by atoms with Crippen LogP contribution in [0.2, 0.25) is 10.0 Å². The van der Waals surface area contributed by atoms with E-state index >= 15 is 0 Å². The van der Waals surface area contributed by atoms with E-state index in [1.807, 2.05) is 0 Å². The van der Waals surface area contributed by atoms with Gasteiger partial charge in [0.1, 0.15) is 12.4 Å². The lowest BCUT2D eigenvalue weighted by molar-refractivity contribution is -0.123. The third kappa shape index (κ3) is 4.05. The topological polar surface area (TPSA) is 29.1 Å². The van der Waals surface area contributed by atoms with Crippen LogP contribution in [0.25, 0.3) is 0 Å². The van der Waals surface area contributed by atoms with Crippen molar-refractivity contribution in [2.75, 3.05) is 6.54 Å². The summed E-state index contributed by atoms with van der Waals surface area (Å²) in [5.41, 5.74) is -0.405. The fraction of sp³-hybridized carbons (Fsp3) is 0.222. The maximum atomic E-state index is 13.0. The Bertz CT molecular complexity index is 447. The highest BCUT2D eigenvalue weighted by Crippen LogP contribution is 2.24. The first-order valence-electron chi connectivity index (χ1n) is 4.20. The zero-order valence-electron chi connectivity index (χ0n) is 8.04. The van der Waals surface area contributed by atoms with Gasteiger partial charge in [-0.15, -0.1) is 0 Å². The van der Waals surface area contributed by atoms with Crippen molar-refractivity contribution in [3.05, 3.63) is 33.6 Å². The first kappa shape index (κ1) is 14.1. The summed E-state index contributed by atoms with van der Waals surface area (Å²) >= 11 is 10.9. The van der Waals surface area contributed by atoms with E-state index in [0.29, 0.717) is 6.07 Å². The highest BCUT2D eigenvalue weighted by atomic mass is 35.5. The zero-order valence-corrected chi connectivity index (χ0v) is 9.55. The third-order valence-corrected chi connectivity index (χ3v) is 2.31. The highest BCUT2D eigenvalue weighted by Gasteiger charge is 2.28. The molecule has 0 unspecified atom stereocenters. The van der Waals surface area contributed by atoms with Crippen LogP contribution in [-0.2, 0) is 0 Å². The molecule has 0 spiro atoms. The molecule has 0 heterocycles. The Morgan fingerprint density at radius 1 is 1.24 bits per heavy atom. The number of benzene rings is 1. The van der Waals surface area contributed by atoms with Crippen molar-refractivity contribution < 1.29 is 22.4 Å². The van der Waals surface area contributed by atoms with E-state index in [0.717, 1.165) is 6.07 Å². The van der Waals surface area contributed by atoms with Crippen LogP contribution >= 0.6 is 23.2 Å². The van der Waals surface area contributed by atoms with Crippen LogP contribution < -0.4 is 5.32 Å². The first-order valence-corrected chi connectivity index (χ1v) is 4.96. The molecule has 0 aliphatic heterocycles. The standard InChI is InChI=1S/C9H5Cl2F4NO/c10-5-2-6(11)7(12)1-4(5)8(17)16-3-9(13,14)15/h1-2H,3H2,(H,16,17). The molecule has 2 nitrogen and oxygen atoms in total. The van der Waals surface area contributed by atoms with Gasteiger partial charge in [-0.3, -0.25) is 4.79 Å². The van der Waals surface area contributed by atoms with Gasteiger partial charge in [0.2, 0.25) is 0 Å². The second-order valence-electron chi connectivity index (χ2n) is 3.04. The van der Waals surface area contributed by atoms with Gasteiger partial charge in [-0.05, 0) is 12.1 Å².